The van der Waals surface area contributed by atoms with Crippen LogP contribution in [0.3, 0.4) is 0 Å². The Morgan fingerprint density at radius 2 is 2.04 bits per heavy atom. The second kappa shape index (κ2) is 7.30. The van der Waals surface area contributed by atoms with Gasteiger partial charge in [0.2, 0.25) is 5.91 Å². The van der Waals surface area contributed by atoms with Gasteiger partial charge < -0.3 is 15.5 Å². The van der Waals surface area contributed by atoms with E-state index >= 15 is 0 Å². The molecule has 0 spiro atoms. The van der Waals surface area contributed by atoms with Crippen LogP contribution in [0.1, 0.15) is 29.7 Å². The molecular weight excluding hydrogens is 328 g/mol. The Balaban J connectivity index is 1.63. The van der Waals surface area contributed by atoms with Crippen molar-refractivity contribution in [3.05, 3.63) is 64.9 Å². The number of amides is 1. The summed E-state index contributed by atoms with van der Waals surface area (Å²) in [6.07, 6.45) is 1.22. The number of halogens is 1. The fraction of sp³-hybridized carbons (Fsp3) is 0.333. The van der Waals surface area contributed by atoms with E-state index < -0.39 is 12.1 Å². The molecule has 1 aliphatic rings. The predicted molar refractivity (Wildman–Crippen MR) is 90.5 cm³/mol. The minimum atomic E-state index is -1.06. The summed E-state index contributed by atoms with van der Waals surface area (Å²) in [5, 5.41) is 23.2. The first-order chi connectivity index (χ1) is 11.6. The molecular formula is C18H19ClN2O3. The Morgan fingerprint density at radius 3 is 2.71 bits per heavy atom. The summed E-state index contributed by atoms with van der Waals surface area (Å²) in [7, 11) is 0. The zero-order valence-corrected chi connectivity index (χ0v) is 13.7. The number of hydrogen-bond acceptors (Lipinski definition) is 4. The van der Waals surface area contributed by atoms with E-state index in [1.54, 1.807) is 24.4 Å². The van der Waals surface area contributed by atoms with Crippen molar-refractivity contribution in [1.29, 1.82) is 0 Å². The van der Waals surface area contributed by atoms with Crippen molar-refractivity contribution in [2.75, 3.05) is 6.61 Å². The highest BCUT2D eigenvalue weighted by Crippen LogP contribution is 2.49. The molecule has 5 nitrogen and oxygen atoms in total. The lowest BCUT2D eigenvalue weighted by Gasteiger charge is -2.22. The third-order valence-electron chi connectivity index (χ3n) is 4.33. The molecule has 1 saturated carbocycles. The lowest BCUT2D eigenvalue weighted by atomic mass is 10.1. The van der Waals surface area contributed by atoms with Crippen molar-refractivity contribution >= 4 is 17.5 Å². The third-order valence-corrected chi connectivity index (χ3v) is 4.67. The van der Waals surface area contributed by atoms with Gasteiger partial charge in [-0.25, -0.2) is 0 Å². The van der Waals surface area contributed by atoms with Crippen molar-refractivity contribution < 1.29 is 15.0 Å². The molecule has 1 amide bonds. The Bertz CT molecular complexity index is 710. The molecule has 24 heavy (non-hydrogen) atoms. The molecule has 2 aromatic rings. The summed E-state index contributed by atoms with van der Waals surface area (Å²) in [5.74, 6) is -0.283. The van der Waals surface area contributed by atoms with E-state index in [0.29, 0.717) is 17.1 Å². The van der Waals surface area contributed by atoms with Crippen molar-refractivity contribution in [2.24, 2.45) is 5.92 Å². The first kappa shape index (κ1) is 16.9. The maximum atomic E-state index is 12.4. The van der Waals surface area contributed by atoms with Crippen LogP contribution in [0.2, 0.25) is 5.02 Å². The smallest absolute Gasteiger partial charge is 0.224 e. The van der Waals surface area contributed by atoms with Crippen LogP contribution in [0.4, 0.5) is 0 Å². The monoisotopic (exact) mass is 346 g/mol. The van der Waals surface area contributed by atoms with Gasteiger partial charge in [0.25, 0.3) is 0 Å². The molecule has 1 fully saturated rings. The van der Waals surface area contributed by atoms with Crippen LogP contribution >= 0.6 is 11.6 Å². The Labute approximate surface area is 145 Å². The van der Waals surface area contributed by atoms with Crippen molar-refractivity contribution in [2.45, 2.75) is 24.5 Å². The van der Waals surface area contributed by atoms with Gasteiger partial charge in [-0.05, 0) is 36.1 Å². The molecule has 2 unspecified atom stereocenters. The van der Waals surface area contributed by atoms with Crippen LogP contribution in [-0.2, 0) is 4.79 Å². The van der Waals surface area contributed by atoms with Crippen LogP contribution in [0.15, 0.2) is 48.7 Å². The average Bonchev–Trinajstić information content (AvgIpc) is 3.40. The van der Waals surface area contributed by atoms with Crippen LogP contribution in [0, 0.1) is 5.92 Å². The molecule has 1 heterocycles. The van der Waals surface area contributed by atoms with Gasteiger partial charge in [-0.3, -0.25) is 9.78 Å². The molecule has 126 valence electrons. The molecule has 1 aromatic carbocycles. The molecule has 0 radical (unpaired) electrons. The fourth-order valence-electron chi connectivity index (χ4n) is 2.88. The van der Waals surface area contributed by atoms with E-state index in [9.17, 15) is 15.0 Å². The van der Waals surface area contributed by atoms with Gasteiger partial charge >= 0.3 is 0 Å². The summed E-state index contributed by atoms with van der Waals surface area (Å²) in [6, 6.07) is 11.8. The normalized spacial score (nSPS) is 21.8. The summed E-state index contributed by atoms with van der Waals surface area (Å²) in [6.45, 7) is -0.368. The Kier molecular flexibility index (Phi) is 5.14. The molecule has 1 aliphatic carbocycles. The number of nitrogens with one attached hydrogen (secondary N) is 1. The first-order valence-electron chi connectivity index (χ1n) is 7.86. The van der Waals surface area contributed by atoms with E-state index in [2.05, 4.69) is 10.3 Å². The highest BCUT2D eigenvalue weighted by molar-refractivity contribution is 6.31. The number of benzene rings is 1. The Morgan fingerprint density at radius 1 is 1.29 bits per heavy atom. The largest absolute Gasteiger partial charge is 0.394 e. The number of hydrogen-bond donors (Lipinski definition) is 3. The summed E-state index contributed by atoms with van der Waals surface area (Å²) >= 11 is 6.17. The van der Waals surface area contributed by atoms with Gasteiger partial charge in [0.1, 0.15) is 6.10 Å². The quantitative estimate of drug-likeness (QED) is 0.747. The van der Waals surface area contributed by atoms with E-state index in [4.69, 9.17) is 11.6 Å². The third kappa shape index (κ3) is 3.59. The molecule has 1 aromatic heterocycles. The number of aromatic nitrogens is 1. The maximum absolute atomic E-state index is 12.4. The van der Waals surface area contributed by atoms with Crippen molar-refractivity contribution in [3.8, 4) is 0 Å². The maximum Gasteiger partial charge on any atom is 0.224 e. The van der Waals surface area contributed by atoms with Gasteiger partial charge in [0.15, 0.2) is 0 Å². The van der Waals surface area contributed by atoms with Gasteiger partial charge in [-0.1, -0.05) is 35.9 Å². The van der Waals surface area contributed by atoms with Crippen LogP contribution < -0.4 is 5.32 Å². The number of rotatable bonds is 6. The number of nitrogens with zero attached hydrogens (tertiary/aromatic N) is 1. The zero-order chi connectivity index (χ0) is 17.1. The second-order valence-corrected chi connectivity index (χ2v) is 6.37. The molecule has 0 aliphatic heterocycles. The van der Waals surface area contributed by atoms with Gasteiger partial charge in [0.05, 0.1) is 18.3 Å². The SMILES string of the molecule is O=C(NC(CO)C(O)c1ccccn1)[C@@H]1C[C@H]1c1ccccc1Cl. The standard InChI is InChI=1S/C18H19ClN2O3/c19-14-6-2-1-5-11(14)12-9-13(12)18(24)21-16(10-22)17(23)15-7-3-4-8-20-15/h1-8,12-13,16-17,22-23H,9-10H2,(H,21,24)/t12-,13+,16?,17?/m0/s1. The van der Waals surface area contributed by atoms with Crippen molar-refractivity contribution in [3.63, 3.8) is 0 Å². The van der Waals surface area contributed by atoms with Crippen LogP contribution in [0.25, 0.3) is 0 Å². The minimum Gasteiger partial charge on any atom is -0.394 e. The average molecular weight is 347 g/mol. The summed E-state index contributed by atoms with van der Waals surface area (Å²) in [5.41, 5.74) is 1.38. The molecule has 3 rings (SSSR count). The molecule has 3 N–H and O–H groups in total. The fourth-order valence-corrected chi connectivity index (χ4v) is 3.15. The van der Waals surface area contributed by atoms with Crippen LogP contribution in [-0.4, -0.2) is 33.8 Å². The highest BCUT2D eigenvalue weighted by Gasteiger charge is 2.45. The van der Waals surface area contributed by atoms with E-state index in [-0.39, 0.29) is 24.3 Å². The highest BCUT2D eigenvalue weighted by atomic mass is 35.5. The van der Waals surface area contributed by atoms with E-state index in [1.807, 2.05) is 24.3 Å². The first-order valence-corrected chi connectivity index (χ1v) is 8.24. The number of aliphatic hydroxyl groups excluding tert-OH is 2. The number of aliphatic hydroxyl groups is 2. The van der Waals surface area contributed by atoms with Crippen molar-refractivity contribution in [1.82, 2.24) is 10.3 Å². The predicted octanol–water partition coefficient (Wildman–Crippen LogP) is 2.05. The van der Waals surface area contributed by atoms with E-state index in [0.717, 1.165) is 5.56 Å². The molecule has 6 heteroatoms. The number of carbonyl (C=O) groups is 1. The van der Waals surface area contributed by atoms with E-state index in [1.165, 1.54) is 0 Å². The van der Waals surface area contributed by atoms with Crippen LogP contribution in [0.5, 0.6) is 0 Å². The van der Waals surface area contributed by atoms with Gasteiger partial charge in [-0.2, -0.15) is 0 Å². The summed E-state index contributed by atoms with van der Waals surface area (Å²) < 4.78 is 0. The molecule has 0 bridgehead atoms. The number of carbonyl (C=O) groups excluding carboxylic acids is 1. The second-order valence-electron chi connectivity index (χ2n) is 5.97. The lowest BCUT2D eigenvalue weighted by molar-refractivity contribution is -0.124. The molecule has 4 atom stereocenters. The topological polar surface area (TPSA) is 82.5 Å². The lowest BCUT2D eigenvalue weighted by Crippen LogP contribution is -2.43. The van der Waals surface area contributed by atoms with Gasteiger partial charge in [-0.15, -0.1) is 0 Å². The Hall–Kier alpha value is -1.95. The van der Waals surface area contributed by atoms with Gasteiger partial charge in [0, 0.05) is 17.1 Å². The minimum absolute atomic E-state index is 0.0880. The number of pyridine rings is 1. The zero-order valence-electron chi connectivity index (χ0n) is 13.0. The summed E-state index contributed by atoms with van der Waals surface area (Å²) in [4.78, 5) is 16.5. The molecule has 0 saturated heterocycles.